The molecule has 0 radical (unpaired) electrons. The number of hydrogen-bond donors (Lipinski definition) is 1. The molecule has 3 heteroatoms. The molecular formula is C10H19NO2. The Morgan fingerprint density at radius 2 is 1.77 bits per heavy atom. The Morgan fingerprint density at radius 3 is 1.85 bits per heavy atom. The van der Waals surface area contributed by atoms with Gasteiger partial charge in [-0.1, -0.05) is 25.7 Å². The van der Waals surface area contributed by atoms with Crippen molar-refractivity contribution in [2.24, 2.45) is 17.6 Å². The lowest BCUT2D eigenvalue weighted by atomic mass is 10.0. The minimum absolute atomic E-state index is 0.356. The van der Waals surface area contributed by atoms with Crippen molar-refractivity contribution in [3.63, 3.8) is 0 Å². The van der Waals surface area contributed by atoms with Gasteiger partial charge in [-0.2, -0.15) is 0 Å². The van der Waals surface area contributed by atoms with Crippen molar-refractivity contribution in [3.8, 4) is 0 Å². The third-order valence-electron chi connectivity index (χ3n) is 2.92. The van der Waals surface area contributed by atoms with Crippen LogP contribution in [0.4, 0.5) is 4.79 Å². The molecule has 0 heterocycles. The minimum Gasteiger partial charge on any atom is -0.450 e. The molecule has 0 aromatic heterocycles. The van der Waals surface area contributed by atoms with Gasteiger partial charge in [0.1, 0.15) is 0 Å². The monoisotopic (exact) mass is 185 g/mol. The van der Waals surface area contributed by atoms with Crippen LogP contribution >= 0.6 is 0 Å². The zero-order valence-electron chi connectivity index (χ0n) is 8.29. The normalized spacial score (nSPS) is 29.3. The highest BCUT2D eigenvalue weighted by Crippen LogP contribution is 2.43. The molecule has 0 atom stereocenters. The van der Waals surface area contributed by atoms with E-state index < -0.39 is 6.09 Å². The number of carbonyl (C=O) groups is 1. The molecule has 76 valence electrons. The second kappa shape index (κ2) is 5.10. The number of nitrogens with two attached hydrogens (primary N) is 1. The summed E-state index contributed by atoms with van der Waals surface area (Å²) in [4.78, 5) is 9.60. The van der Waals surface area contributed by atoms with Crippen molar-refractivity contribution in [3.05, 3.63) is 0 Å². The molecule has 2 N–H and O–H groups in total. The van der Waals surface area contributed by atoms with E-state index >= 15 is 0 Å². The maximum absolute atomic E-state index is 9.60. The summed E-state index contributed by atoms with van der Waals surface area (Å²) in [6.45, 7) is 2.06. The standard InChI is InChI=1S/C7H12.C3H7NO2/c1-2-7-4-3-6(1)5-7;1-2-6-3(4)5/h6-7H,1-5H2;2H2,1H3,(H2,4,5). The van der Waals surface area contributed by atoms with Crippen molar-refractivity contribution in [1.82, 2.24) is 0 Å². The first-order valence-corrected chi connectivity index (χ1v) is 5.14. The Labute approximate surface area is 79.6 Å². The van der Waals surface area contributed by atoms with E-state index in [2.05, 4.69) is 10.5 Å². The molecule has 0 aromatic carbocycles. The number of amides is 1. The van der Waals surface area contributed by atoms with Crippen LogP contribution in [-0.4, -0.2) is 12.7 Å². The fraction of sp³-hybridized carbons (Fsp3) is 0.900. The number of fused-ring (bicyclic) bond motifs is 2. The van der Waals surface area contributed by atoms with Crippen molar-refractivity contribution in [1.29, 1.82) is 0 Å². The van der Waals surface area contributed by atoms with Crippen LogP contribution in [0.2, 0.25) is 0 Å². The first-order chi connectivity index (χ1) is 6.22. The number of hydrogen-bond acceptors (Lipinski definition) is 2. The first kappa shape index (κ1) is 10.4. The second-order valence-electron chi connectivity index (χ2n) is 3.87. The van der Waals surface area contributed by atoms with Gasteiger partial charge in [0.25, 0.3) is 0 Å². The average Bonchev–Trinajstić information content (AvgIpc) is 2.66. The molecule has 2 fully saturated rings. The lowest BCUT2D eigenvalue weighted by Crippen LogP contribution is -2.11. The molecule has 0 spiro atoms. The third-order valence-corrected chi connectivity index (χ3v) is 2.92. The molecule has 2 saturated carbocycles. The molecule has 0 aliphatic heterocycles. The van der Waals surface area contributed by atoms with E-state index in [1.165, 1.54) is 11.8 Å². The molecule has 2 bridgehead atoms. The maximum atomic E-state index is 9.60. The van der Waals surface area contributed by atoms with Gasteiger partial charge >= 0.3 is 6.09 Å². The minimum atomic E-state index is -0.711. The van der Waals surface area contributed by atoms with Gasteiger partial charge in [0.15, 0.2) is 0 Å². The van der Waals surface area contributed by atoms with Crippen LogP contribution < -0.4 is 5.73 Å². The quantitative estimate of drug-likeness (QED) is 0.681. The highest BCUT2D eigenvalue weighted by atomic mass is 16.5. The van der Waals surface area contributed by atoms with E-state index in [0.29, 0.717) is 6.61 Å². The van der Waals surface area contributed by atoms with Crippen molar-refractivity contribution in [2.75, 3.05) is 6.61 Å². The predicted molar refractivity (Wildman–Crippen MR) is 51.3 cm³/mol. The summed E-state index contributed by atoms with van der Waals surface area (Å²) in [5, 5.41) is 0. The van der Waals surface area contributed by atoms with Gasteiger partial charge in [0.2, 0.25) is 0 Å². The zero-order valence-corrected chi connectivity index (χ0v) is 8.29. The number of primary amides is 1. The van der Waals surface area contributed by atoms with Crippen LogP contribution in [0.15, 0.2) is 0 Å². The summed E-state index contributed by atoms with van der Waals surface area (Å²) in [5.41, 5.74) is 4.54. The van der Waals surface area contributed by atoms with Crippen molar-refractivity contribution >= 4 is 6.09 Å². The number of ether oxygens (including phenoxy) is 1. The number of rotatable bonds is 1. The van der Waals surface area contributed by atoms with Crippen LogP contribution in [0.1, 0.15) is 39.0 Å². The molecule has 0 saturated heterocycles. The third kappa shape index (κ3) is 3.66. The summed E-state index contributed by atoms with van der Waals surface area (Å²) in [6, 6.07) is 0. The first-order valence-electron chi connectivity index (χ1n) is 5.14. The molecule has 13 heavy (non-hydrogen) atoms. The Morgan fingerprint density at radius 1 is 1.31 bits per heavy atom. The molecule has 0 aromatic rings. The largest absolute Gasteiger partial charge is 0.450 e. The summed E-state index contributed by atoms with van der Waals surface area (Å²) in [6.07, 6.45) is 7.11. The lowest BCUT2D eigenvalue weighted by molar-refractivity contribution is 0.163. The average molecular weight is 185 g/mol. The van der Waals surface area contributed by atoms with Crippen LogP contribution in [0.25, 0.3) is 0 Å². The van der Waals surface area contributed by atoms with Crippen molar-refractivity contribution in [2.45, 2.75) is 39.0 Å². The molecule has 3 nitrogen and oxygen atoms in total. The summed E-state index contributed by atoms with van der Waals surface area (Å²) >= 11 is 0. The van der Waals surface area contributed by atoms with Gasteiger partial charge in [0, 0.05) is 0 Å². The Hall–Kier alpha value is -0.730. The van der Waals surface area contributed by atoms with Gasteiger partial charge in [-0.25, -0.2) is 4.79 Å². The van der Waals surface area contributed by atoms with E-state index in [1.807, 2.05) is 0 Å². The van der Waals surface area contributed by atoms with Gasteiger partial charge < -0.3 is 10.5 Å². The molecule has 2 rings (SSSR count). The van der Waals surface area contributed by atoms with Crippen molar-refractivity contribution < 1.29 is 9.53 Å². The smallest absolute Gasteiger partial charge is 0.404 e. The van der Waals surface area contributed by atoms with Gasteiger partial charge in [-0.3, -0.25) is 0 Å². The fourth-order valence-electron chi connectivity index (χ4n) is 2.32. The second-order valence-corrected chi connectivity index (χ2v) is 3.87. The van der Waals surface area contributed by atoms with Crippen LogP contribution in [-0.2, 0) is 4.74 Å². The summed E-state index contributed by atoms with van der Waals surface area (Å²) in [5.74, 6) is 2.34. The highest BCUT2D eigenvalue weighted by molar-refractivity contribution is 5.64. The van der Waals surface area contributed by atoms with E-state index in [-0.39, 0.29) is 0 Å². The van der Waals surface area contributed by atoms with Crippen LogP contribution in [0, 0.1) is 11.8 Å². The topological polar surface area (TPSA) is 52.3 Å². The van der Waals surface area contributed by atoms with E-state index in [4.69, 9.17) is 0 Å². The zero-order chi connectivity index (χ0) is 9.68. The summed E-state index contributed by atoms with van der Waals surface area (Å²) in [7, 11) is 0. The molecule has 1 amide bonds. The predicted octanol–water partition coefficient (Wildman–Crippen LogP) is 2.30. The van der Waals surface area contributed by atoms with E-state index in [9.17, 15) is 4.79 Å². The van der Waals surface area contributed by atoms with Crippen LogP contribution in [0.3, 0.4) is 0 Å². The molecular weight excluding hydrogens is 166 g/mol. The number of carbonyl (C=O) groups excluding carboxylic acids is 1. The highest BCUT2D eigenvalue weighted by Gasteiger charge is 2.30. The molecule has 2 aliphatic carbocycles. The maximum Gasteiger partial charge on any atom is 0.404 e. The fourth-order valence-corrected chi connectivity index (χ4v) is 2.32. The van der Waals surface area contributed by atoms with Crippen LogP contribution in [0.5, 0.6) is 0 Å². The summed E-state index contributed by atoms with van der Waals surface area (Å²) < 4.78 is 4.18. The molecule has 0 unspecified atom stereocenters. The van der Waals surface area contributed by atoms with Gasteiger partial charge in [-0.15, -0.1) is 0 Å². The Kier molecular flexibility index (Phi) is 4.06. The van der Waals surface area contributed by atoms with E-state index in [1.54, 1.807) is 39.0 Å². The SMILES string of the molecule is C1CC2CCC1C2.CCOC(N)=O. The van der Waals surface area contributed by atoms with Gasteiger partial charge in [-0.05, 0) is 25.2 Å². The Balaban J connectivity index is 0.000000133. The van der Waals surface area contributed by atoms with Gasteiger partial charge in [0.05, 0.1) is 6.61 Å². The lowest BCUT2D eigenvalue weighted by Gasteiger charge is -2.05. The van der Waals surface area contributed by atoms with E-state index in [0.717, 1.165) is 0 Å². The Bertz CT molecular complexity index is 152. The molecule has 2 aliphatic rings.